The first-order valence-electron chi connectivity index (χ1n) is 11.0. The van der Waals surface area contributed by atoms with Gasteiger partial charge in [0.15, 0.2) is 21.3 Å². The Morgan fingerprint density at radius 2 is 1.88 bits per heavy atom. The zero-order chi connectivity index (χ0) is 22.9. The number of carbonyl (C=O) groups is 1. The molecule has 0 unspecified atom stereocenters. The third kappa shape index (κ3) is 4.06. The predicted octanol–water partition coefficient (Wildman–Crippen LogP) is 4.37. The van der Waals surface area contributed by atoms with Gasteiger partial charge in [-0.15, -0.1) is 0 Å². The second kappa shape index (κ2) is 8.86. The van der Waals surface area contributed by atoms with Crippen LogP contribution >= 0.6 is 11.3 Å². The maximum absolute atomic E-state index is 14.4. The number of hydrogen-bond donors (Lipinski definition) is 0. The Bertz CT molecular complexity index is 1380. The highest BCUT2D eigenvalue weighted by atomic mass is 32.1. The van der Waals surface area contributed by atoms with E-state index in [0.717, 1.165) is 18.4 Å². The zero-order valence-electron chi connectivity index (χ0n) is 18.2. The van der Waals surface area contributed by atoms with Gasteiger partial charge in [-0.2, -0.15) is 0 Å². The van der Waals surface area contributed by atoms with E-state index in [1.165, 1.54) is 22.0 Å². The zero-order valence-corrected chi connectivity index (χ0v) is 19.0. The van der Waals surface area contributed by atoms with E-state index >= 15 is 0 Å². The highest BCUT2D eigenvalue weighted by Crippen LogP contribution is 2.33. The molecule has 0 amide bonds. The van der Waals surface area contributed by atoms with Crippen LogP contribution in [0.25, 0.3) is 21.7 Å². The number of Topliss-reactive ketones (excluding diaryl/α,β-unsaturated/α-hetero) is 1. The van der Waals surface area contributed by atoms with E-state index in [4.69, 9.17) is 0 Å². The van der Waals surface area contributed by atoms with Crippen molar-refractivity contribution in [2.24, 2.45) is 7.05 Å². The van der Waals surface area contributed by atoms with Crippen LogP contribution in [-0.4, -0.2) is 32.9 Å². The van der Waals surface area contributed by atoms with Gasteiger partial charge >= 0.3 is 0 Å². The van der Waals surface area contributed by atoms with Crippen molar-refractivity contribution >= 4 is 32.6 Å². The molecular weight excluding hydrogens is 439 g/mol. The number of carbonyl (C=O) groups excluding carboxylic acids is 1. The largest absolute Gasteiger partial charge is 0.338 e. The fraction of sp³-hybridized carbons (Fsp3) is 0.280. The monoisotopic (exact) mass is 462 g/mol. The maximum atomic E-state index is 14.4. The Balaban J connectivity index is 1.44. The molecule has 3 heterocycles. The minimum absolute atomic E-state index is 0.184. The summed E-state index contributed by atoms with van der Waals surface area (Å²) in [5.41, 5.74) is 1.33. The van der Waals surface area contributed by atoms with Crippen LogP contribution in [0.4, 0.5) is 9.52 Å². The summed E-state index contributed by atoms with van der Waals surface area (Å²) in [6.45, 7) is 0.710. The fourth-order valence-electron chi connectivity index (χ4n) is 4.36. The molecule has 0 aliphatic carbocycles. The van der Waals surface area contributed by atoms with Crippen LogP contribution in [0.15, 0.2) is 59.4 Å². The van der Waals surface area contributed by atoms with Crippen molar-refractivity contribution in [3.63, 3.8) is 0 Å². The highest BCUT2D eigenvalue weighted by Gasteiger charge is 2.32. The third-order valence-electron chi connectivity index (χ3n) is 6.12. The van der Waals surface area contributed by atoms with Gasteiger partial charge in [0.05, 0.1) is 11.6 Å². The average molecular weight is 463 g/mol. The second-order valence-corrected chi connectivity index (χ2v) is 9.19. The summed E-state index contributed by atoms with van der Waals surface area (Å²) in [5.74, 6) is 0.00827. The van der Waals surface area contributed by atoms with Gasteiger partial charge in [0, 0.05) is 20.0 Å². The molecule has 2 aromatic carbocycles. The topological polar surface area (TPSA) is 68.1 Å². The summed E-state index contributed by atoms with van der Waals surface area (Å²) < 4.78 is 15.7. The number of anilines is 1. The lowest BCUT2D eigenvalue weighted by Crippen LogP contribution is -2.36. The van der Waals surface area contributed by atoms with Gasteiger partial charge in [-0.3, -0.25) is 14.2 Å². The van der Waals surface area contributed by atoms with Crippen LogP contribution in [0.5, 0.6) is 0 Å². The molecule has 0 N–H and O–H groups in total. The van der Waals surface area contributed by atoms with Gasteiger partial charge in [0.25, 0.3) is 5.56 Å². The lowest BCUT2D eigenvalue weighted by molar-refractivity contribution is -0.120. The molecule has 0 saturated carbocycles. The minimum Gasteiger partial charge on any atom is -0.338 e. The van der Waals surface area contributed by atoms with Crippen LogP contribution in [0, 0.1) is 5.82 Å². The molecule has 8 heteroatoms. The molecular formula is C25H23FN4O2S. The average Bonchev–Trinajstić information content (AvgIpc) is 3.48. The van der Waals surface area contributed by atoms with Gasteiger partial charge in [-0.25, -0.2) is 14.4 Å². The van der Waals surface area contributed by atoms with Crippen LogP contribution < -0.4 is 10.5 Å². The van der Waals surface area contributed by atoms with Gasteiger partial charge < -0.3 is 4.90 Å². The molecule has 1 aliphatic heterocycles. The number of benzene rings is 2. The molecule has 1 atom stereocenters. The number of halogens is 1. The first-order valence-corrected chi connectivity index (χ1v) is 11.8. The van der Waals surface area contributed by atoms with Crippen molar-refractivity contribution in [3.8, 4) is 11.4 Å². The highest BCUT2D eigenvalue weighted by molar-refractivity contribution is 7.21. The smallest absolute Gasteiger partial charge is 0.281 e. The van der Waals surface area contributed by atoms with Crippen LogP contribution in [0.3, 0.4) is 0 Å². The molecule has 0 spiro atoms. The third-order valence-corrected chi connectivity index (χ3v) is 7.10. The molecule has 6 nitrogen and oxygen atoms in total. The Morgan fingerprint density at radius 1 is 1.12 bits per heavy atom. The summed E-state index contributed by atoms with van der Waals surface area (Å²) in [5, 5.41) is 0.621. The lowest BCUT2D eigenvalue weighted by Gasteiger charge is -2.22. The van der Waals surface area contributed by atoms with E-state index in [0.29, 0.717) is 29.3 Å². The molecule has 1 fully saturated rings. The molecule has 4 aromatic rings. The molecule has 2 aromatic heterocycles. The predicted molar refractivity (Wildman–Crippen MR) is 128 cm³/mol. The van der Waals surface area contributed by atoms with Crippen molar-refractivity contribution in [2.75, 3.05) is 11.4 Å². The van der Waals surface area contributed by atoms with Gasteiger partial charge in [0.1, 0.15) is 11.6 Å². The SMILES string of the molecule is Cn1c(-c2ccccc2F)nc2sc(N3CCC[C@@H]3C(=O)CCc3ccccc3)nc2c1=O. The molecule has 0 bridgehead atoms. The summed E-state index contributed by atoms with van der Waals surface area (Å²) >= 11 is 1.28. The number of aryl methyl sites for hydroxylation is 1. The molecule has 1 saturated heterocycles. The number of ketones is 1. The van der Waals surface area contributed by atoms with Gasteiger partial charge in [0.2, 0.25) is 0 Å². The lowest BCUT2D eigenvalue weighted by atomic mass is 10.0. The van der Waals surface area contributed by atoms with Crippen molar-refractivity contribution in [2.45, 2.75) is 31.7 Å². The van der Waals surface area contributed by atoms with Crippen LogP contribution in [0.1, 0.15) is 24.8 Å². The van der Waals surface area contributed by atoms with E-state index in [2.05, 4.69) is 9.97 Å². The van der Waals surface area contributed by atoms with E-state index in [-0.39, 0.29) is 34.3 Å². The summed E-state index contributed by atoms with van der Waals surface area (Å²) in [7, 11) is 1.57. The first-order chi connectivity index (χ1) is 16.0. The Morgan fingerprint density at radius 3 is 2.67 bits per heavy atom. The molecule has 0 radical (unpaired) electrons. The van der Waals surface area contributed by atoms with Crippen molar-refractivity contribution < 1.29 is 9.18 Å². The normalized spacial score (nSPS) is 15.9. The quantitative estimate of drug-likeness (QED) is 0.426. The van der Waals surface area contributed by atoms with Gasteiger partial charge in [-0.05, 0) is 37.0 Å². The van der Waals surface area contributed by atoms with Crippen molar-refractivity contribution in [1.29, 1.82) is 0 Å². The molecule has 33 heavy (non-hydrogen) atoms. The Hall–Kier alpha value is -3.39. The Labute approximate surface area is 194 Å². The Kier molecular flexibility index (Phi) is 5.76. The standard InChI is InChI=1S/C25H23FN4O2S/c1-29-22(17-10-5-6-11-18(17)26)28-23-21(24(29)32)27-25(33-23)30-15-7-12-19(30)20(31)14-13-16-8-3-2-4-9-16/h2-6,8-11,19H,7,12-15H2,1H3/t19-/m1/s1. The summed E-state index contributed by atoms with van der Waals surface area (Å²) in [6.07, 6.45) is 2.84. The van der Waals surface area contributed by atoms with E-state index < -0.39 is 5.82 Å². The molecule has 1 aliphatic rings. The molecule has 5 rings (SSSR count). The number of fused-ring (bicyclic) bond motifs is 1. The van der Waals surface area contributed by atoms with Crippen LogP contribution in [0.2, 0.25) is 0 Å². The minimum atomic E-state index is -0.437. The van der Waals surface area contributed by atoms with Crippen LogP contribution in [-0.2, 0) is 18.3 Å². The number of hydrogen-bond acceptors (Lipinski definition) is 6. The number of nitrogens with zero attached hydrogens (tertiary/aromatic N) is 4. The second-order valence-electron chi connectivity index (χ2n) is 8.23. The first kappa shape index (κ1) is 21.5. The number of aromatic nitrogens is 3. The van der Waals surface area contributed by atoms with E-state index in [9.17, 15) is 14.0 Å². The summed E-state index contributed by atoms with van der Waals surface area (Å²) in [4.78, 5) is 37.6. The van der Waals surface area contributed by atoms with E-state index in [1.54, 1.807) is 25.2 Å². The van der Waals surface area contributed by atoms with Crippen molar-refractivity contribution in [3.05, 3.63) is 76.3 Å². The summed E-state index contributed by atoms with van der Waals surface area (Å²) in [6, 6.07) is 16.0. The maximum Gasteiger partial charge on any atom is 0.281 e. The van der Waals surface area contributed by atoms with Gasteiger partial charge in [-0.1, -0.05) is 53.8 Å². The van der Waals surface area contributed by atoms with Crippen molar-refractivity contribution in [1.82, 2.24) is 14.5 Å². The molecule has 168 valence electrons. The van der Waals surface area contributed by atoms with E-state index in [1.807, 2.05) is 35.2 Å². The fourth-order valence-corrected chi connectivity index (χ4v) is 5.37. The number of thiazole rings is 1. The number of rotatable bonds is 6.